The lowest BCUT2D eigenvalue weighted by Gasteiger charge is -2.34. The van der Waals surface area contributed by atoms with Crippen molar-refractivity contribution in [2.45, 2.75) is 25.8 Å². The molecule has 0 saturated carbocycles. The third kappa shape index (κ3) is 3.41. The van der Waals surface area contributed by atoms with Crippen LogP contribution < -0.4 is 0 Å². The second kappa shape index (κ2) is 7.25. The standard InChI is InChI=1S/C19H20FN3O2S/c20-14-5-2-1-4-13(14)19(25)23-10-8-22(9-11-23)12-17-21-15-6-3-7-16(24)18(15)26-17/h1-2,4-5H,3,6-12H2. The molecule has 4 rings (SSSR count). The number of hydrogen-bond donors (Lipinski definition) is 0. The molecule has 0 radical (unpaired) electrons. The fourth-order valence-corrected chi connectivity index (χ4v) is 4.61. The summed E-state index contributed by atoms with van der Waals surface area (Å²) in [6.45, 7) is 3.28. The summed E-state index contributed by atoms with van der Waals surface area (Å²) in [5.41, 5.74) is 1.08. The quantitative estimate of drug-likeness (QED) is 0.830. The highest BCUT2D eigenvalue weighted by Crippen LogP contribution is 2.27. The fraction of sp³-hybridized carbons (Fsp3) is 0.421. The molecule has 0 unspecified atom stereocenters. The second-order valence-corrected chi connectivity index (χ2v) is 7.79. The zero-order chi connectivity index (χ0) is 18.1. The minimum absolute atomic E-state index is 0.132. The molecule has 1 aliphatic heterocycles. The van der Waals surface area contributed by atoms with Crippen LogP contribution in [-0.2, 0) is 13.0 Å². The fourth-order valence-electron chi connectivity index (χ4n) is 3.49. The number of halogens is 1. The largest absolute Gasteiger partial charge is 0.336 e. The molecule has 136 valence electrons. The Morgan fingerprint density at radius 1 is 1.15 bits per heavy atom. The molecule has 0 atom stereocenters. The van der Waals surface area contributed by atoms with Crippen molar-refractivity contribution in [3.8, 4) is 0 Å². The summed E-state index contributed by atoms with van der Waals surface area (Å²) < 4.78 is 13.8. The van der Waals surface area contributed by atoms with Crippen LogP contribution >= 0.6 is 11.3 Å². The van der Waals surface area contributed by atoms with Gasteiger partial charge in [-0.05, 0) is 25.0 Å². The van der Waals surface area contributed by atoms with Crippen molar-refractivity contribution in [2.24, 2.45) is 0 Å². The number of carbonyl (C=O) groups excluding carboxylic acids is 2. The van der Waals surface area contributed by atoms with Crippen LogP contribution in [0.3, 0.4) is 0 Å². The zero-order valence-electron chi connectivity index (χ0n) is 14.4. The van der Waals surface area contributed by atoms with Gasteiger partial charge in [-0.2, -0.15) is 0 Å². The SMILES string of the molecule is O=C1CCCc2nc(CN3CCN(C(=O)c4ccccc4F)CC3)sc21. The van der Waals surface area contributed by atoms with Gasteiger partial charge in [-0.3, -0.25) is 14.5 Å². The van der Waals surface area contributed by atoms with Crippen LogP contribution in [0.25, 0.3) is 0 Å². The monoisotopic (exact) mass is 373 g/mol. The van der Waals surface area contributed by atoms with Gasteiger partial charge in [0.25, 0.3) is 5.91 Å². The van der Waals surface area contributed by atoms with Crippen LogP contribution in [0.15, 0.2) is 24.3 Å². The summed E-state index contributed by atoms with van der Waals surface area (Å²) in [5.74, 6) is -0.508. The number of carbonyl (C=O) groups is 2. The van der Waals surface area contributed by atoms with Gasteiger partial charge in [-0.25, -0.2) is 9.37 Å². The number of aromatic nitrogens is 1. The molecule has 5 nitrogen and oxygen atoms in total. The number of ketones is 1. The summed E-state index contributed by atoms with van der Waals surface area (Å²) >= 11 is 1.51. The number of benzene rings is 1. The van der Waals surface area contributed by atoms with Gasteiger partial charge in [-0.15, -0.1) is 11.3 Å². The topological polar surface area (TPSA) is 53.5 Å². The van der Waals surface area contributed by atoms with Crippen LogP contribution in [0.5, 0.6) is 0 Å². The summed E-state index contributed by atoms with van der Waals surface area (Å²) in [5, 5.41) is 0.971. The predicted octanol–water partition coefficient (Wildman–Crippen LogP) is 2.76. The van der Waals surface area contributed by atoms with Crippen molar-refractivity contribution < 1.29 is 14.0 Å². The Morgan fingerprint density at radius 2 is 1.92 bits per heavy atom. The number of aryl methyl sites for hydroxylation is 1. The summed E-state index contributed by atoms with van der Waals surface area (Å²) in [6, 6.07) is 6.11. The van der Waals surface area contributed by atoms with Gasteiger partial charge in [0.05, 0.1) is 22.7 Å². The normalized spacial score (nSPS) is 18.0. The lowest BCUT2D eigenvalue weighted by Crippen LogP contribution is -2.48. The highest BCUT2D eigenvalue weighted by atomic mass is 32.1. The molecule has 7 heteroatoms. The third-order valence-electron chi connectivity index (χ3n) is 4.93. The van der Waals surface area contributed by atoms with Gasteiger partial charge in [0.1, 0.15) is 10.8 Å². The Hall–Kier alpha value is -2.12. The van der Waals surface area contributed by atoms with Crippen molar-refractivity contribution in [3.05, 3.63) is 51.2 Å². The molecule has 0 N–H and O–H groups in total. The molecule has 26 heavy (non-hydrogen) atoms. The van der Waals surface area contributed by atoms with E-state index in [1.165, 1.54) is 23.5 Å². The summed E-state index contributed by atoms with van der Waals surface area (Å²) in [4.78, 5) is 33.8. The first-order chi connectivity index (χ1) is 12.6. The number of nitrogens with zero attached hydrogens (tertiary/aromatic N) is 3. The molecule has 1 aromatic carbocycles. The van der Waals surface area contributed by atoms with E-state index in [1.807, 2.05) is 0 Å². The first-order valence-electron chi connectivity index (χ1n) is 8.90. The summed E-state index contributed by atoms with van der Waals surface area (Å²) in [7, 11) is 0. The van der Waals surface area contributed by atoms with Crippen molar-refractivity contribution in [3.63, 3.8) is 0 Å². The van der Waals surface area contributed by atoms with E-state index in [0.29, 0.717) is 26.1 Å². The Morgan fingerprint density at radius 3 is 2.65 bits per heavy atom. The maximum atomic E-state index is 13.8. The number of fused-ring (bicyclic) bond motifs is 1. The van der Waals surface area contributed by atoms with Gasteiger partial charge in [-0.1, -0.05) is 12.1 Å². The average Bonchev–Trinajstić information content (AvgIpc) is 3.06. The molecule has 2 heterocycles. The number of amides is 1. The van der Waals surface area contributed by atoms with Gasteiger partial charge in [0.2, 0.25) is 0 Å². The van der Waals surface area contributed by atoms with E-state index in [1.54, 1.807) is 17.0 Å². The maximum absolute atomic E-state index is 13.8. The average molecular weight is 373 g/mol. The number of piperazine rings is 1. The van der Waals surface area contributed by atoms with Gasteiger partial charge in [0.15, 0.2) is 5.78 Å². The van der Waals surface area contributed by atoms with E-state index < -0.39 is 5.82 Å². The van der Waals surface area contributed by atoms with E-state index in [4.69, 9.17) is 0 Å². The molecular formula is C19H20FN3O2S. The van der Waals surface area contributed by atoms with E-state index in [-0.39, 0.29) is 17.3 Å². The van der Waals surface area contributed by atoms with Crippen molar-refractivity contribution >= 4 is 23.0 Å². The Bertz CT molecular complexity index is 843. The predicted molar refractivity (Wildman–Crippen MR) is 97.0 cm³/mol. The molecule has 1 fully saturated rings. The van der Waals surface area contributed by atoms with Gasteiger partial charge >= 0.3 is 0 Å². The third-order valence-corrected chi connectivity index (χ3v) is 6.06. The van der Waals surface area contributed by atoms with Crippen LogP contribution in [0, 0.1) is 5.82 Å². The number of Topliss-reactive ketones (excluding diaryl/α,β-unsaturated/α-hetero) is 1. The Balaban J connectivity index is 1.36. The minimum atomic E-state index is -0.474. The summed E-state index contributed by atoms with van der Waals surface area (Å²) in [6.07, 6.45) is 2.42. The Labute approximate surface area is 155 Å². The minimum Gasteiger partial charge on any atom is -0.336 e. The van der Waals surface area contributed by atoms with Crippen LogP contribution in [-0.4, -0.2) is 52.7 Å². The number of rotatable bonds is 3. The van der Waals surface area contributed by atoms with E-state index in [0.717, 1.165) is 41.5 Å². The molecule has 1 aromatic heterocycles. The molecule has 1 saturated heterocycles. The van der Waals surface area contributed by atoms with Crippen molar-refractivity contribution in [1.82, 2.24) is 14.8 Å². The Kier molecular flexibility index (Phi) is 4.82. The highest BCUT2D eigenvalue weighted by Gasteiger charge is 2.26. The maximum Gasteiger partial charge on any atom is 0.256 e. The second-order valence-electron chi connectivity index (χ2n) is 6.71. The molecule has 0 spiro atoms. The van der Waals surface area contributed by atoms with Crippen LogP contribution in [0.4, 0.5) is 4.39 Å². The van der Waals surface area contributed by atoms with Crippen molar-refractivity contribution in [2.75, 3.05) is 26.2 Å². The molecule has 0 bridgehead atoms. The lowest BCUT2D eigenvalue weighted by molar-refractivity contribution is 0.0623. The van der Waals surface area contributed by atoms with Crippen molar-refractivity contribution in [1.29, 1.82) is 0 Å². The number of thiazole rings is 1. The first-order valence-corrected chi connectivity index (χ1v) is 9.71. The highest BCUT2D eigenvalue weighted by molar-refractivity contribution is 7.13. The number of hydrogen-bond acceptors (Lipinski definition) is 5. The van der Waals surface area contributed by atoms with E-state index in [2.05, 4.69) is 9.88 Å². The molecular weight excluding hydrogens is 353 g/mol. The molecule has 2 aliphatic rings. The molecule has 1 amide bonds. The van der Waals surface area contributed by atoms with Gasteiger partial charge < -0.3 is 4.90 Å². The van der Waals surface area contributed by atoms with Gasteiger partial charge in [0, 0.05) is 32.6 Å². The smallest absolute Gasteiger partial charge is 0.256 e. The lowest BCUT2D eigenvalue weighted by atomic mass is 10.0. The van der Waals surface area contributed by atoms with E-state index in [9.17, 15) is 14.0 Å². The van der Waals surface area contributed by atoms with Crippen LogP contribution in [0.1, 0.15) is 43.6 Å². The zero-order valence-corrected chi connectivity index (χ0v) is 15.2. The van der Waals surface area contributed by atoms with E-state index >= 15 is 0 Å². The van der Waals surface area contributed by atoms with Crippen LogP contribution in [0.2, 0.25) is 0 Å². The first kappa shape index (κ1) is 17.3. The molecule has 2 aromatic rings. The molecule has 1 aliphatic carbocycles.